The van der Waals surface area contributed by atoms with E-state index in [0.717, 1.165) is 5.56 Å². The number of aromatic nitrogens is 2. The number of carbonyl (C=O) groups is 1. The summed E-state index contributed by atoms with van der Waals surface area (Å²) in [7, 11) is 0. The summed E-state index contributed by atoms with van der Waals surface area (Å²) in [5.74, 6) is 2.83. The largest absolute Gasteiger partial charge is 0.485 e. The Hall–Kier alpha value is -3.72. The summed E-state index contributed by atoms with van der Waals surface area (Å²) in [5, 5.41) is 11.5. The van der Waals surface area contributed by atoms with Gasteiger partial charge in [-0.25, -0.2) is 0 Å². The molecule has 5 rings (SSSR count). The van der Waals surface area contributed by atoms with Crippen LogP contribution in [0.3, 0.4) is 0 Å². The molecule has 1 unspecified atom stereocenters. The molecule has 1 amide bonds. The van der Waals surface area contributed by atoms with Crippen molar-refractivity contribution in [2.45, 2.75) is 23.6 Å². The van der Waals surface area contributed by atoms with Gasteiger partial charge in [0.1, 0.15) is 12.4 Å². The van der Waals surface area contributed by atoms with Crippen molar-refractivity contribution in [3.8, 4) is 11.5 Å². The minimum Gasteiger partial charge on any atom is -0.485 e. The SMILES string of the molecule is O=C(NCc1ccco1)c1cccc(CSc2nnc(C3COc4ccccc4O3)o2)c1. The first-order chi connectivity index (χ1) is 15.7. The molecular formula is C23H19N3O5S. The van der Waals surface area contributed by atoms with E-state index < -0.39 is 6.10 Å². The van der Waals surface area contributed by atoms with Gasteiger partial charge >= 0.3 is 0 Å². The van der Waals surface area contributed by atoms with E-state index in [0.29, 0.717) is 52.8 Å². The molecule has 1 N–H and O–H groups in total. The Morgan fingerprint density at radius 3 is 2.84 bits per heavy atom. The van der Waals surface area contributed by atoms with Gasteiger partial charge in [-0.1, -0.05) is 36.0 Å². The Morgan fingerprint density at radius 2 is 1.97 bits per heavy atom. The maximum absolute atomic E-state index is 12.4. The molecule has 0 fully saturated rings. The zero-order valence-electron chi connectivity index (χ0n) is 16.9. The fourth-order valence-electron chi connectivity index (χ4n) is 3.18. The van der Waals surface area contributed by atoms with Gasteiger partial charge in [0.25, 0.3) is 17.0 Å². The average molecular weight is 449 g/mol. The Morgan fingerprint density at radius 1 is 1.06 bits per heavy atom. The van der Waals surface area contributed by atoms with Crippen molar-refractivity contribution in [3.05, 3.63) is 89.7 Å². The fourth-order valence-corrected chi connectivity index (χ4v) is 3.89. The summed E-state index contributed by atoms with van der Waals surface area (Å²) in [6.07, 6.45) is 1.13. The molecule has 1 aliphatic heterocycles. The molecule has 2 aromatic carbocycles. The summed E-state index contributed by atoms with van der Waals surface area (Å²) in [6, 6.07) is 18.5. The van der Waals surface area contributed by atoms with E-state index in [2.05, 4.69) is 15.5 Å². The summed E-state index contributed by atoms with van der Waals surface area (Å²) in [5.41, 5.74) is 1.54. The number of hydrogen-bond donors (Lipinski definition) is 1. The van der Waals surface area contributed by atoms with Crippen LogP contribution in [0, 0.1) is 0 Å². The van der Waals surface area contributed by atoms with Gasteiger partial charge < -0.3 is 23.6 Å². The number of hydrogen-bond acceptors (Lipinski definition) is 8. The molecule has 32 heavy (non-hydrogen) atoms. The first-order valence-corrected chi connectivity index (χ1v) is 11.0. The van der Waals surface area contributed by atoms with Gasteiger partial charge in [0.05, 0.1) is 12.8 Å². The molecule has 0 saturated carbocycles. The first-order valence-electron chi connectivity index (χ1n) is 9.99. The van der Waals surface area contributed by atoms with Crippen molar-refractivity contribution < 1.29 is 23.1 Å². The molecule has 8 nitrogen and oxygen atoms in total. The number of benzene rings is 2. The maximum atomic E-state index is 12.4. The number of ether oxygens (including phenoxy) is 2. The highest BCUT2D eigenvalue weighted by Gasteiger charge is 2.27. The highest BCUT2D eigenvalue weighted by Crippen LogP contribution is 2.36. The minimum absolute atomic E-state index is 0.164. The second kappa shape index (κ2) is 9.19. The van der Waals surface area contributed by atoms with Crippen molar-refractivity contribution in [2.75, 3.05) is 6.61 Å². The maximum Gasteiger partial charge on any atom is 0.277 e. The van der Waals surface area contributed by atoms with Crippen molar-refractivity contribution >= 4 is 17.7 Å². The average Bonchev–Trinajstić information content (AvgIpc) is 3.53. The third-order valence-electron chi connectivity index (χ3n) is 4.76. The normalized spacial score (nSPS) is 14.8. The second-order valence-electron chi connectivity index (χ2n) is 7.02. The summed E-state index contributed by atoms with van der Waals surface area (Å²) >= 11 is 1.39. The Labute approximate surface area is 187 Å². The second-order valence-corrected chi connectivity index (χ2v) is 7.95. The van der Waals surface area contributed by atoms with Gasteiger partial charge in [-0.05, 0) is 42.0 Å². The van der Waals surface area contributed by atoms with Crippen LogP contribution >= 0.6 is 11.8 Å². The first kappa shape index (κ1) is 20.2. The minimum atomic E-state index is -0.451. The number of carbonyl (C=O) groups excluding carboxylic acids is 1. The number of nitrogens with one attached hydrogen (secondary N) is 1. The zero-order chi connectivity index (χ0) is 21.8. The number of thioether (sulfide) groups is 1. The molecule has 162 valence electrons. The number of nitrogens with zero attached hydrogens (tertiary/aromatic N) is 2. The Kier molecular flexibility index (Phi) is 5.80. The summed E-state index contributed by atoms with van der Waals surface area (Å²) < 4.78 is 22.6. The fraction of sp³-hybridized carbons (Fsp3) is 0.174. The van der Waals surface area contributed by atoms with Crippen LogP contribution in [0.4, 0.5) is 0 Å². The zero-order valence-corrected chi connectivity index (χ0v) is 17.7. The molecule has 0 saturated heterocycles. The Balaban J connectivity index is 1.17. The smallest absolute Gasteiger partial charge is 0.277 e. The van der Waals surface area contributed by atoms with Gasteiger partial charge in [-0.2, -0.15) is 0 Å². The summed E-state index contributed by atoms with van der Waals surface area (Å²) in [4.78, 5) is 12.4. The predicted molar refractivity (Wildman–Crippen MR) is 115 cm³/mol. The number of para-hydroxylation sites is 2. The molecule has 0 radical (unpaired) electrons. The lowest BCUT2D eigenvalue weighted by atomic mass is 10.1. The highest BCUT2D eigenvalue weighted by atomic mass is 32.2. The molecule has 0 bridgehead atoms. The topological polar surface area (TPSA) is 99.6 Å². The van der Waals surface area contributed by atoms with E-state index in [1.165, 1.54) is 11.8 Å². The number of fused-ring (bicyclic) bond motifs is 1. The van der Waals surface area contributed by atoms with E-state index >= 15 is 0 Å². The van der Waals surface area contributed by atoms with Crippen LogP contribution in [0.1, 0.15) is 33.7 Å². The molecule has 0 aliphatic carbocycles. The van der Waals surface area contributed by atoms with Crippen LogP contribution in [-0.4, -0.2) is 22.7 Å². The van der Waals surface area contributed by atoms with Crippen LogP contribution < -0.4 is 14.8 Å². The predicted octanol–water partition coefficient (Wildman–Crippen LogP) is 4.40. The monoisotopic (exact) mass is 449 g/mol. The van der Waals surface area contributed by atoms with E-state index in [1.54, 1.807) is 18.4 Å². The van der Waals surface area contributed by atoms with E-state index in [9.17, 15) is 4.79 Å². The van der Waals surface area contributed by atoms with Gasteiger partial charge in [0.15, 0.2) is 11.5 Å². The lowest BCUT2D eigenvalue weighted by molar-refractivity contribution is 0.0686. The molecule has 1 aliphatic rings. The molecule has 4 aromatic rings. The van der Waals surface area contributed by atoms with Crippen LogP contribution in [0.5, 0.6) is 11.5 Å². The van der Waals surface area contributed by atoms with Gasteiger partial charge in [-0.3, -0.25) is 4.79 Å². The van der Waals surface area contributed by atoms with Crippen LogP contribution in [-0.2, 0) is 12.3 Å². The molecule has 3 heterocycles. The third-order valence-corrected chi connectivity index (χ3v) is 5.65. The van der Waals surface area contributed by atoms with E-state index in [1.807, 2.05) is 48.5 Å². The molecule has 2 aromatic heterocycles. The lowest BCUT2D eigenvalue weighted by Gasteiger charge is -2.23. The summed E-state index contributed by atoms with van der Waals surface area (Å²) in [6.45, 7) is 0.644. The van der Waals surface area contributed by atoms with E-state index in [4.69, 9.17) is 18.3 Å². The quantitative estimate of drug-likeness (QED) is 0.415. The molecule has 1 atom stereocenters. The van der Waals surface area contributed by atoms with Crippen LogP contribution in [0.15, 0.2) is 81.0 Å². The Bertz CT molecular complexity index is 1210. The highest BCUT2D eigenvalue weighted by molar-refractivity contribution is 7.98. The number of furan rings is 1. The number of rotatable bonds is 7. The van der Waals surface area contributed by atoms with E-state index in [-0.39, 0.29) is 5.91 Å². The lowest BCUT2D eigenvalue weighted by Crippen LogP contribution is -2.22. The molecule has 9 heteroatoms. The van der Waals surface area contributed by atoms with Crippen molar-refractivity contribution in [2.24, 2.45) is 0 Å². The van der Waals surface area contributed by atoms with Crippen molar-refractivity contribution in [3.63, 3.8) is 0 Å². The van der Waals surface area contributed by atoms with Crippen molar-refractivity contribution in [1.82, 2.24) is 15.5 Å². The third kappa shape index (κ3) is 4.62. The molecule has 0 spiro atoms. The van der Waals surface area contributed by atoms with Gasteiger partial charge in [0, 0.05) is 11.3 Å². The van der Waals surface area contributed by atoms with Crippen LogP contribution in [0.25, 0.3) is 0 Å². The van der Waals surface area contributed by atoms with Crippen LogP contribution in [0.2, 0.25) is 0 Å². The number of amides is 1. The van der Waals surface area contributed by atoms with Gasteiger partial charge in [-0.15, -0.1) is 10.2 Å². The standard InChI is InChI=1S/C23H19N3O5S/c27-21(24-12-17-7-4-10-28-17)16-6-3-5-15(11-16)14-32-23-26-25-22(31-23)20-13-29-18-8-1-2-9-19(18)30-20/h1-11,20H,12-14H2,(H,24,27). The van der Waals surface area contributed by atoms with Gasteiger partial charge in [0.2, 0.25) is 6.10 Å². The van der Waals surface area contributed by atoms with Crippen molar-refractivity contribution in [1.29, 1.82) is 0 Å². The molecular weight excluding hydrogens is 430 g/mol.